The molecule has 0 radical (unpaired) electrons. The highest BCUT2D eigenvalue weighted by Gasteiger charge is 2.23. The molecular weight excluding hydrogens is 240 g/mol. The molecule has 19 heavy (non-hydrogen) atoms. The molecule has 0 heterocycles. The van der Waals surface area contributed by atoms with Crippen molar-refractivity contribution in [2.24, 2.45) is 0 Å². The minimum atomic E-state index is -0.359. The van der Waals surface area contributed by atoms with E-state index in [1.165, 1.54) is 44.3 Å². The van der Waals surface area contributed by atoms with Crippen molar-refractivity contribution in [3.05, 3.63) is 23.5 Å². The lowest BCUT2D eigenvalue weighted by Gasteiger charge is -2.03. The van der Waals surface area contributed by atoms with Gasteiger partial charge in [-0.1, -0.05) is 51.9 Å². The molecule has 3 nitrogen and oxygen atoms in total. The first-order chi connectivity index (χ1) is 9.16. The van der Waals surface area contributed by atoms with E-state index in [1.807, 2.05) is 0 Å². The van der Waals surface area contributed by atoms with Crippen LogP contribution in [0.2, 0.25) is 0 Å². The summed E-state index contributed by atoms with van der Waals surface area (Å²) in [7, 11) is 0. The van der Waals surface area contributed by atoms with Crippen molar-refractivity contribution in [3.63, 3.8) is 0 Å². The van der Waals surface area contributed by atoms with E-state index in [0.717, 1.165) is 19.3 Å². The summed E-state index contributed by atoms with van der Waals surface area (Å²) in [6, 6.07) is 0. The SMILES string of the molecule is CCCCCCCCCCC(=O)C1=C(O)C=CC1=O. The average molecular weight is 264 g/mol. The number of carbonyl (C=O) groups is 2. The Labute approximate surface area is 115 Å². The third-order valence-corrected chi connectivity index (χ3v) is 3.43. The van der Waals surface area contributed by atoms with E-state index in [9.17, 15) is 14.7 Å². The molecular formula is C16H24O3. The normalized spacial score (nSPS) is 14.5. The molecule has 0 aromatic rings. The lowest BCUT2D eigenvalue weighted by Crippen LogP contribution is -2.10. The number of hydrogen-bond acceptors (Lipinski definition) is 3. The summed E-state index contributed by atoms with van der Waals surface area (Å²) in [5, 5.41) is 9.40. The van der Waals surface area contributed by atoms with Gasteiger partial charge < -0.3 is 5.11 Å². The largest absolute Gasteiger partial charge is 0.507 e. The maximum Gasteiger partial charge on any atom is 0.193 e. The van der Waals surface area contributed by atoms with Crippen molar-refractivity contribution in [1.29, 1.82) is 0 Å². The lowest BCUT2D eigenvalue weighted by atomic mass is 10.0. The van der Waals surface area contributed by atoms with Gasteiger partial charge in [0.1, 0.15) is 11.3 Å². The Balaban J connectivity index is 2.09. The molecule has 0 aromatic heterocycles. The second-order valence-electron chi connectivity index (χ2n) is 5.11. The Hall–Kier alpha value is -1.38. The van der Waals surface area contributed by atoms with Gasteiger partial charge in [0.25, 0.3) is 0 Å². The maximum absolute atomic E-state index is 11.8. The highest BCUT2D eigenvalue weighted by Crippen LogP contribution is 2.18. The quantitative estimate of drug-likeness (QED) is 0.478. The van der Waals surface area contributed by atoms with Crippen molar-refractivity contribution >= 4 is 11.6 Å². The van der Waals surface area contributed by atoms with E-state index in [1.54, 1.807) is 0 Å². The van der Waals surface area contributed by atoms with Gasteiger partial charge in [-0.3, -0.25) is 9.59 Å². The van der Waals surface area contributed by atoms with Crippen LogP contribution in [0.5, 0.6) is 0 Å². The number of carbonyl (C=O) groups excluding carboxylic acids is 2. The minimum Gasteiger partial charge on any atom is -0.507 e. The van der Waals surface area contributed by atoms with Crippen molar-refractivity contribution in [2.45, 2.75) is 64.7 Å². The molecule has 3 heteroatoms. The van der Waals surface area contributed by atoms with E-state index in [0.29, 0.717) is 6.42 Å². The number of allylic oxidation sites excluding steroid dienone is 3. The van der Waals surface area contributed by atoms with Gasteiger partial charge in [0.2, 0.25) is 0 Å². The van der Waals surface area contributed by atoms with Crippen LogP contribution in [0.3, 0.4) is 0 Å². The summed E-state index contributed by atoms with van der Waals surface area (Å²) in [6.45, 7) is 2.20. The Morgan fingerprint density at radius 3 is 2.11 bits per heavy atom. The number of rotatable bonds is 10. The third-order valence-electron chi connectivity index (χ3n) is 3.43. The summed E-state index contributed by atoms with van der Waals surface area (Å²) in [5.41, 5.74) is -0.0251. The van der Waals surface area contributed by atoms with E-state index >= 15 is 0 Å². The highest BCUT2D eigenvalue weighted by molar-refractivity contribution is 6.26. The fraction of sp³-hybridized carbons (Fsp3) is 0.625. The second-order valence-corrected chi connectivity index (χ2v) is 5.11. The standard InChI is InChI=1S/C16H24O3/c1-2-3-4-5-6-7-8-9-10-13(17)16-14(18)11-12-15(16)19/h11-12,18H,2-10H2,1H3. The summed E-state index contributed by atoms with van der Waals surface area (Å²) in [5.74, 6) is -0.755. The highest BCUT2D eigenvalue weighted by atomic mass is 16.3. The van der Waals surface area contributed by atoms with E-state index in [4.69, 9.17) is 0 Å². The Kier molecular flexibility index (Phi) is 7.16. The number of ketones is 2. The summed E-state index contributed by atoms with van der Waals surface area (Å²) < 4.78 is 0. The molecule has 1 aliphatic rings. The fourth-order valence-corrected chi connectivity index (χ4v) is 2.27. The van der Waals surface area contributed by atoms with E-state index in [2.05, 4.69) is 6.92 Å². The van der Waals surface area contributed by atoms with E-state index in [-0.39, 0.29) is 22.9 Å². The summed E-state index contributed by atoms with van der Waals surface area (Å²) in [4.78, 5) is 23.1. The molecule has 1 aliphatic carbocycles. The molecule has 0 fully saturated rings. The Morgan fingerprint density at radius 2 is 1.58 bits per heavy atom. The number of unbranched alkanes of at least 4 members (excludes halogenated alkanes) is 7. The van der Waals surface area contributed by atoms with Crippen LogP contribution in [0.25, 0.3) is 0 Å². The van der Waals surface area contributed by atoms with Crippen molar-refractivity contribution < 1.29 is 14.7 Å². The molecule has 0 saturated heterocycles. The predicted molar refractivity (Wildman–Crippen MR) is 76.0 cm³/mol. The molecule has 0 amide bonds. The fourth-order valence-electron chi connectivity index (χ4n) is 2.27. The molecule has 1 N–H and O–H groups in total. The molecule has 106 valence electrons. The zero-order valence-corrected chi connectivity index (χ0v) is 11.8. The van der Waals surface area contributed by atoms with Gasteiger partial charge in [-0.2, -0.15) is 0 Å². The van der Waals surface area contributed by atoms with Gasteiger partial charge in [0.15, 0.2) is 11.6 Å². The van der Waals surface area contributed by atoms with Crippen LogP contribution >= 0.6 is 0 Å². The van der Waals surface area contributed by atoms with Crippen LogP contribution in [0, 0.1) is 0 Å². The Morgan fingerprint density at radius 1 is 1.00 bits per heavy atom. The van der Waals surface area contributed by atoms with Gasteiger partial charge in [-0.25, -0.2) is 0 Å². The smallest absolute Gasteiger partial charge is 0.193 e. The third kappa shape index (κ3) is 5.41. The molecule has 0 aliphatic heterocycles. The molecule has 0 atom stereocenters. The van der Waals surface area contributed by atoms with Gasteiger partial charge >= 0.3 is 0 Å². The first-order valence-corrected chi connectivity index (χ1v) is 7.35. The first kappa shape index (κ1) is 15.7. The number of aliphatic hydroxyl groups excluding tert-OH is 1. The molecule has 0 spiro atoms. The monoisotopic (exact) mass is 264 g/mol. The number of Topliss-reactive ketones (excluding diaryl/α,β-unsaturated/α-hetero) is 1. The van der Waals surface area contributed by atoms with Crippen molar-refractivity contribution in [1.82, 2.24) is 0 Å². The molecule has 0 aromatic carbocycles. The van der Waals surface area contributed by atoms with Crippen LogP contribution in [-0.4, -0.2) is 16.7 Å². The van der Waals surface area contributed by atoms with E-state index < -0.39 is 0 Å². The molecule has 0 bridgehead atoms. The van der Waals surface area contributed by atoms with Crippen molar-refractivity contribution in [2.75, 3.05) is 0 Å². The molecule has 0 unspecified atom stereocenters. The Bertz CT molecular complexity index is 377. The van der Waals surface area contributed by atoms with Gasteiger partial charge in [0, 0.05) is 6.42 Å². The first-order valence-electron chi connectivity index (χ1n) is 7.35. The predicted octanol–water partition coefficient (Wildman–Crippen LogP) is 4.04. The van der Waals surface area contributed by atoms with Crippen LogP contribution < -0.4 is 0 Å². The topological polar surface area (TPSA) is 54.4 Å². The van der Waals surface area contributed by atoms with Crippen LogP contribution in [0.1, 0.15) is 64.7 Å². The zero-order chi connectivity index (χ0) is 14.1. The number of aliphatic hydroxyl groups is 1. The van der Waals surface area contributed by atoms with Crippen LogP contribution in [0.4, 0.5) is 0 Å². The van der Waals surface area contributed by atoms with Crippen molar-refractivity contribution in [3.8, 4) is 0 Å². The zero-order valence-electron chi connectivity index (χ0n) is 11.8. The minimum absolute atomic E-state index is 0.0251. The van der Waals surface area contributed by atoms with Gasteiger partial charge in [-0.05, 0) is 18.6 Å². The van der Waals surface area contributed by atoms with Crippen LogP contribution in [-0.2, 0) is 9.59 Å². The van der Waals surface area contributed by atoms with Crippen LogP contribution in [0.15, 0.2) is 23.5 Å². The second kappa shape index (κ2) is 8.68. The average Bonchev–Trinajstić information content (AvgIpc) is 2.72. The maximum atomic E-state index is 11.8. The molecule has 0 saturated carbocycles. The summed E-state index contributed by atoms with van der Waals surface area (Å²) in [6.07, 6.45) is 12.2. The number of hydrogen-bond donors (Lipinski definition) is 1. The molecule has 1 rings (SSSR count). The lowest BCUT2D eigenvalue weighted by molar-refractivity contribution is -0.119. The van der Waals surface area contributed by atoms with Gasteiger partial charge in [0.05, 0.1) is 0 Å². The summed E-state index contributed by atoms with van der Waals surface area (Å²) >= 11 is 0. The van der Waals surface area contributed by atoms with Gasteiger partial charge in [-0.15, -0.1) is 0 Å².